The fourth-order valence-electron chi connectivity index (χ4n) is 3.53. The highest BCUT2D eigenvalue weighted by Gasteiger charge is 2.15. The first-order valence-electron chi connectivity index (χ1n) is 10.3. The van der Waals surface area contributed by atoms with Crippen LogP contribution in [-0.2, 0) is 13.0 Å². The summed E-state index contributed by atoms with van der Waals surface area (Å²) in [5, 5.41) is 0. The van der Waals surface area contributed by atoms with Gasteiger partial charge in [0.2, 0.25) is 0 Å². The minimum Gasteiger partial charge on any atom is -0.488 e. The maximum absolute atomic E-state index is 13.0. The van der Waals surface area contributed by atoms with Crippen LogP contribution in [0.5, 0.6) is 5.75 Å². The fourth-order valence-corrected chi connectivity index (χ4v) is 3.53. The standard InChI is InChI=1S/C27H22N2O3/c1-19-22(10-5-11-24(19)21-8-3-2-4-9-21)13-26(31)25-14-27(23(17-30)16-29-25)32-18-20-7-6-12-28-15-20/h2-12,14-17H,13,18H2,1H3. The minimum atomic E-state index is -0.137. The van der Waals surface area contributed by atoms with Crippen molar-refractivity contribution in [2.75, 3.05) is 0 Å². The van der Waals surface area contributed by atoms with Gasteiger partial charge in [-0.3, -0.25) is 19.6 Å². The number of pyridine rings is 2. The summed E-state index contributed by atoms with van der Waals surface area (Å²) in [5.41, 5.74) is 5.64. The first-order valence-corrected chi connectivity index (χ1v) is 10.3. The number of carbonyl (C=O) groups is 2. The Morgan fingerprint density at radius 3 is 2.59 bits per heavy atom. The molecule has 0 unspecified atom stereocenters. The van der Waals surface area contributed by atoms with Crippen molar-refractivity contribution in [2.45, 2.75) is 20.0 Å². The van der Waals surface area contributed by atoms with Gasteiger partial charge < -0.3 is 4.74 Å². The van der Waals surface area contributed by atoms with Crippen molar-refractivity contribution >= 4 is 12.1 Å². The van der Waals surface area contributed by atoms with Gasteiger partial charge in [-0.1, -0.05) is 54.6 Å². The molecule has 158 valence electrons. The monoisotopic (exact) mass is 422 g/mol. The molecule has 0 saturated carbocycles. The fraction of sp³-hybridized carbons (Fsp3) is 0.111. The summed E-state index contributed by atoms with van der Waals surface area (Å²) < 4.78 is 5.79. The molecule has 2 heterocycles. The van der Waals surface area contributed by atoms with Crippen LogP contribution in [0.1, 0.15) is 37.5 Å². The molecule has 0 radical (unpaired) electrons. The number of carbonyl (C=O) groups excluding carboxylic acids is 2. The van der Waals surface area contributed by atoms with Gasteiger partial charge in [0.1, 0.15) is 18.1 Å². The van der Waals surface area contributed by atoms with Crippen molar-refractivity contribution in [3.05, 3.63) is 113 Å². The zero-order valence-corrected chi connectivity index (χ0v) is 17.7. The molecule has 5 nitrogen and oxygen atoms in total. The van der Waals surface area contributed by atoms with E-state index in [0.29, 0.717) is 17.6 Å². The van der Waals surface area contributed by atoms with Crippen LogP contribution in [0, 0.1) is 6.92 Å². The predicted molar refractivity (Wildman–Crippen MR) is 123 cm³/mol. The molecule has 0 aliphatic carbocycles. The van der Waals surface area contributed by atoms with Crippen molar-refractivity contribution in [1.82, 2.24) is 9.97 Å². The number of ether oxygens (including phenoxy) is 1. The Hall–Kier alpha value is -4.12. The van der Waals surface area contributed by atoms with E-state index in [4.69, 9.17) is 4.74 Å². The predicted octanol–water partition coefficient (Wildman–Crippen LogP) is 5.27. The lowest BCUT2D eigenvalue weighted by molar-refractivity contribution is 0.0986. The molecule has 5 heteroatoms. The van der Waals surface area contributed by atoms with Crippen LogP contribution in [0.2, 0.25) is 0 Å². The number of aromatic nitrogens is 2. The average molecular weight is 422 g/mol. The van der Waals surface area contributed by atoms with Gasteiger partial charge in [0.05, 0.1) is 5.56 Å². The molecule has 0 aliphatic rings. The summed E-state index contributed by atoms with van der Waals surface area (Å²) in [6.07, 6.45) is 5.63. The van der Waals surface area contributed by atoms with Gasteiger partial charge >= 0.3 is 0 Å². The molecule has 0 aliphatic heterocycles. The van der Waals surface area contributed by atoms with Gasteiger partial charge in [-0.15, -0.1) is 0 Å². The van der Waals surface area contributed by atoms with E-state index in [9.17, 15) is 9.59 Å². The Labute approximate surface area is 186 Å². The van der Waals surface area contributed by atoms with E-state index in [0.717, 1.165) is 27.8 Å². The first kappa shape index (κ1) is 21.1. The SMILES string of the molecule is Cc1c(CC(=O)c2cc(OCc3cccnc3)c(C=O)cn2)cccc1-c1ccccc1. The smallest absolute Gasteiger partial charge is 0.185 e. The van der Waals surface area contributed by atoms with Crippen molar-refractivity contribution in [3.63, 3.8) is 0 Å². The minimum absolute atomic E-state index is 0.137. The summed E-state index contributed by atoms with van der Waals surface area (Å²) >= 11 is 0. The van der Waals surface area contributed by atoms with Crippen LogP contribution in [0.15, 0.2) is 85.3 Å². The number of benzene rings is 2. The van der Waals surface area contributed by atoms with E-state index in [1.54, 1.807) is 18.5 Å². The second kappa shape index (κ2) is 9.79. The molecule has 2 aromatic heterocycles. The van der Waals surface area contributed by atoms with Crippen molar-refractivity contribution in [3.8, 4) is 16.9 Å². The third kappa shape index (κ3) is 4.78. The second-order valence-corrected chi connectivity index (χ2v) is 7.43. The summed E-state index contributed by atoms with van der Waals surface area (Å²) in [7, 11) is 0. The van der Waals surface area contributed by atoms with Gasteiger partial charge in [-0.2, -0.15) is 0 Å². The molecule has 4 aromatic rings. The normalized spacial score (nSPS) is 10.5. The summed E-state index contributed by atoms with van der Waals surface area (Å²) in [4.78, 5) is 32.7. The van der Waals surface area contributed by atoms with Gasteiger partial charge in [0, 0.05) is 36.6 Å². The molecule has 0 spiro atoms. The van der Waals surface area contributed by atoms with Crippen molar-refractivity contribution < 1.29 is 14.3 Å². The Bertz CT molecular complexity index is 1240. The maximum Gasteiger partial charge on any atom is 0.185 e. The Balaban J connectivity index is 1.55. The van der Waals surface area contributed by atoms with E-state index in [-0.39, 0.29) is 24.5 Å². The lowest BCUT2D eigenvalue weighted by Gasteiger charge is -2.12. The van der Waals surface area contributed by atoms with Crippen LogP contribution in [0.4, 0.5) is 0 Å². The van der Waals surface area contributed by atoms with E-state index in [2.05, 4.69) is 28.2 Å². The van der Waals surface area contributed by atoms with Crippen molar-refractivity contribution in [2.24, 2.45) is 0 Å². The van der Waals surface area contributed by atoms with Gasteiger partial charge in [0.25, 0.3) is 0 Å². The van der Waals surface area contributed by atoms with Gasteiger partial charge in [0.15, 0.2) is 12.1 Å². The van der Waals surface area contributed by atoms with Crippen LogP contribution in [-0.4, -0.2) is 22.0 Å². The lowest BCUT2D eigenvalue weighted by Crippen LogP contribution is -2.09. The topological polar surface area (TPSA) is 69.2 Å². The number of hydrogen-bond acceptors (Lipinski definition) is 5. The molecule has 2 aromatic carbocycles. The molecule has 0 bridgehead atoms. The highest BCUT2D eigenvalue weighted by Crippen LogP contribution is 2.27. The van der Waals surface area contributed by atoms with E-state index in [1.165, 1.54) is 6.20 Å². The van der Waals surface area contributed by atoms with E-state index < -0.39 is 0 Å². The van der Waals surface area contributed by atoms with Crippen LogP contribution < -0.4 is 4.74 Å². The number of ketones is 1. The number of rotatable bonds is 8. The van der Waals surface area contributed by atoms with Crippen molar-refractivity contribution in [1.29, 1.82) is 0 Å². The Morgan fingerprint density at radius 1 is 1.00 bits per heavy atom. The number of hydrogen-bond donors (Lipinski definition) is 0. The molecule has 0 N–H and O–H groups in total. The lowest BCUT2D eigenvalue weighted by atomic mass is 9.93. The first-order chi connectivity index (χ1) is 15.7. The van der Waals surface area contributed by atoms with Crippen LogP contribution in [0.25, 0.3) is 11.1 Å². The molecular formula is C27H22N2O3. The number of aldehydes is 1. The zero-order chi connectivity index (χ0) is 22.3. The largest absolute Gasteiger partial charge is 0.488 e. The van der Waals surface area contributed by atoms with Crippen LogP contribution >= 0.6 is 0 Å². The van der Waals surface area contributed by atoms with E-state index in [1.807, 2.05) is 49.4 Å². The Morgan fingerprint density at radius 2 is 1.84 bits per heavy atom. The van der Waals surface area contributed by atoms with Gasteiger partial charge in [-0.25, -0.2) is 0 Å². The molecule has 0 saturated heterocycles. The highest BCUT2D eigenvalue weighted by molar-refractivity contribution is 5.97. The molecular weight excluding hydrogens is 400 g/mol. The van der Waals surface area contributed by atoms with Gasteiger partial charge in [-0.05, 0) is 35.2 Å². The molecule has 4 rings (SSSR count). The molecule has 0 fully saturated rings. The number of Topliss-reactive ketones (excluding diaryl/α,β-unsaturated/α-hetero) is 1. The third-order valence-electron chi connectivity index (χ3n) is 5.31. The quantitative estimate of drug-likeness (QED) is 0.286. The highest BCUT2D eigenvalue weighted by atomic mass is 16.5. The summed E-state index contributed by atoms with van der Waals surface area (Å²) in [6.45, 7) is 2.26. The average Bonchev–Trinajstić information content (AvgIpc) is 2.85. The second-order valence-electron chi connectivity index (χ2n) is 7.43. The maximum atomic E-state index is 13.0. The Kier molecular flexibility index (Phi) is 6.46. The summed E-state index contributed by atoms with van der Waals surface area (Å²) in [5.74, 6) is 0.193. The third-order valence-corrected chi connectivity index (χ3v) is 5.31. The van der Waals surface area contributed by atoms with Crippen LogP contribution in [0.3, 0.4) is 0 Å². The number of nitrogens with zero attached hydrogens (tertiary/aromatic N) is 2. The zero-order valence-electron chi connectivity index (χ0n) is 17.7. The molecule has 0 amide bonds. The summed E-state index contributed by atoms with van der Waals surface area (Å²) in [6, 6.07) is 21.3. The molecule has 32 heavy (non-hydrogen) atoms. The molecule has 0 atom stereocenters. The van der Waals surface area contributed by atoms with E-state index >= 15 is 0 Å².